The predicted octanol–water partition coefficient (Wildman–Crippen LogP) is 1.70. The molecular weight excluding hydrogens is 228 g/mol. The minimum absolute atomic E-state index is 0.780. The molecule has 0 spiro atoms. The van der Waals surface area contributed by atoms with Gasteiger partial charge in [-0.2, -0.15) is 0 Å². The van der Waals surface area contributed by atoms with Crippen molar-refractivity contribution >= 4 is 11.6 Å². The summed E-state index contributed by atoms with van der Waals surface area (Å²) in [6.07, 6.45) is 3.05. The maximum atomic E-state index is 5.48. The smallest absolute Gasteiger partial charge is 0.134 e. The van der Waals surface area contributed by atoms with Gasteiger partial charge in [0.2, 0.25) is 0 Å². The topological polar surface area (TPSA) is 50.3 Å². The fourth-order valence-electron chi connectivity index (χ4n) is 2.08. The fourth-order valence-corrected chi connectivity index (χ4v) is 2.08. The van der Waals surface area contributed by atoms with Crippen LogP contribution >= 0.6 is 0 Å². The summed E-state index contributed by atoms with van der Waals surface area (Å²) in [7, 11) is 1.90. The second-order valence-electron chi connectivity index (χ2n) is 4.48. The third-order valence-electron chi connectivity index (χ3n) is 3.03. The lowest BCUT2D eigenvalue weighted by Crippen LogP contribution is -2.27. The summed E-state index contributed by atoms with van der Waals surface area (Å²) >= 11 is 0. The van der Waals surface area contributed by atoms with Crippen LogP contribution in [0.15, 0.2) is 6.07 Å². The Morgan fingerprint density at radius 1 is 1.33 bits per heavy atom. The molecule has 1 aliphatic rings. The lowest BCUT2D eigenvalue weighted by Gasteiger charge is -2.21. The molecule has 0 amide bonds. The van der Waals surface area contributed by atoms with Gasteiger partial charge in [0.25, 0.3) is 0 Å². The highest BCUT2D eigenvalue weighted by atomic mass is 16.5. The normalized spacial score (nSPS) is 16.4. The van der Waals surface area contributed by atoms with Gasteiger partial charge in [0, 0.05) is 39.2 Å². The first kappa shape index (κ1) is 13.1. The Morgan fingerprint density at radius 3 is 3.00 bits per heavy atom. The molecule has 5 nitrogen and oxygen atoms in total. The van der Waals surface area contributed by atoms with Crippen molar-refractivity contribution in [3.05, 3.63) is 11.9 Å². The zero-order valence-corrected chi connectivity index (χ0v) is 11.3. The molecule has 1 saturated heterocycles. The number of nitrogens with one attached hydrogen (secondary N) is 1. The van der Waals surface area contributed by atoms with Crippen LogP contribution in [0.2, 0.25) is 0 Å². The summed E-state index contributed by atoms with van der Waals surface area (Å²) in [6.45, 7) is 5.69. The van der Waals surface area contributed by atoms with Crippen molar-refractivity contribution in [3.8, 4) is 0 Å². The van der Waals surface area contributed by atoms with Crippen LogP contribution in [0.4, 0.5) is 11.6 Å². The highest BCUT2D eigenvalue weighted by Gasteiger charge is 2.13. The fraction of sp³-hybridized carbons (Fsp3) is 0.692. The van der Waals surface area contributed by atoms with Crippen LogP contribution < -0.4 is 10.2 Å². The van der Waals surface area contributed by atoms with Gasteiger partial charge in [-0.15, -0.1) is 0 Å². The van der Waals surface area contributed by atoms with Crippen molar-refractivity contribution in [2.24, 2.45) is 0 Å². The van der Waals surface area contributed by atoms with E-state index in [1.165, 1.54) is 0 Å². The van der Waals surface area contributed by atoms with E-state index in [4.69, 9.17) is 4.74 Å². The summed E-state index contributed by atoms with van der Waals surface area (Å²) in [5.74, 6) is 2.83. The molecule has 2 rings (SSSR count). The first-order valence-electron chi connectivity index (χ1n) is 6.72. The van der Waals surface area contributed by atoms with Crippen LogP contribution in [0, 0.1) is 0 Å². The molecular formula is C13H22N4O. The summed E-state index contributed by atoms with van der Waals surface area (Å²) < 4.78 is 5.48. The van der Waals surface area contributed by atoms with Crippen LogP contribution in [0.5, 0.6) is 0 Å². The Morgan fingerprint density at radius 2 is 2.22 bits per heavy atom. The van der Waals surface area contributed by atoms with E-state index in [1.54, 1.807) is 0 Å². The first-order chi connectivity index (χ1) is 8.83. The Hall–Kier alpha value is -1.36. The number of aromatic nitrogens is 2. The Labute approximate surface area is 109 Å². The number of hydrogen-bond donors (Lipinski definition) is 1. The van der Waals surface area contributed by atoms with Crippen LogP contribution in [-0.2, 0) is 11.2 Å². The van der Waals surface area contributed by atoms with Gasteiger partial charge >= 0.3 is 0 Å². The Bertz CT molecular complexity index is 375. The van der Waals surface area contributed by atoms with Crippen molar-refractivity contribution in [3.63, 3.8) is 0 Å². The molecule has 2 heterocycles. The van der Waals surface area contributed by atoms with Crippen LogP contribution in [-0.4, -0.2) is 43.3 Å². The summed E-state index contributed by atoms with van der Waals surface area (Å²) in [5.41, 5.74) is 0. The monoisotopic (exact) mass is 250 g/mol. The van der Waals surface area contributed by atoms with Crippen molar-refractivity contribution in [1.82, 2.24) is 9.97 Å². The molecule has 0 saturated carbocycles. The number of ether oxygens (including phenoxy) is 1. The molecule has 1 aromatic rings. The van der Waals surface area contributed by atoms with Gasteiger partial charge in [-0.25, -0.2) is 9.97 Å². The maximum absolute atomic E-state index is 5.48. The number of aryl methyl sites for hydroxylation is 1. The second kappa shape index (κ2) is 6.54. The summed E-state index contributed by atoms with van der Waals surface area (Å²) in [6, 6.07) is 2.02. The van der Waals surface area contributed by atoms with Crippen molar-refractivity contribution < 1.29 is 4.74 Å². The molecule has 100 valence electrons. The van der Waals surface area contributed by atoms with E-state index in [0.29, 0.717) is 0 Å². The number of rotatable bonds is 4. The van der Waals surface area contributed by atoms with Crippen molar-refractivity contribution in [2.45, 2.75) is 26.2 Å². The van der Waals surface area contributed by atoms with Crippen LogP contribution in [0.3, 0.4) is 0 Å². The molecule has 1 aliphatic heterocycles. The molecule has 0 atom stereocenters. The molecule has 1 aromatic heterocycles. The van der Waals surface area contributed by atoms with Crippen LogP contribution in [0.25, 0.3) is 0 Å². The standard InChI is InChI=1S/C13H22N4O/c1-3-5-11-15-12(14-2)10-13(16-11)17-6-4-8-18-9-7-17/h10H,3-9H2,1-2H3,(H,14,15,16). The Balaban J connectivity index is 2.21. The van der Waals surface area contributed by atoms with E-state index in [9.17, 15) is 0 Å². The minimum atomic E-state index is 0.780. The highest BCUT2D eigenvalue weighted by Crippen LogP contribution is 2.17. The van der Waals surface area contributed by atoms with E-state index < -0.39 is 0 Å². The van der Waals surface area contributed by atoms with Gasteiger partial charge in [-0.05, 0) is 12.8 Å². The number of nitrogens with zero attached hydrogens (tertiary/aromatic N) is 3. The van der Waals surface area contributed by atoms with Crippen molar-refractivity contribution in [2.75, 3.05) is 43.6 Å². The molecule has 1 N–H and O–H groups in total. The van der Waals surface area contributed by atoms with E-state index >= 15 is 0 Å². The average Bonchev–Trinajstić information content (AvgIpc) is 2.67. The zero-order valence-electron chi connectivity index (χ0n) is 11.3. The molecule has 0 aromatic carbocycles. The van der Waals surface area contributed by atoms with Gasteiger partial charge in [-0.3, -0.25) is 0 Å². The van der Waals surface area contributed by atoms with E-state index in [1.807, 2.05) is 13.1 Å². The van der Waals surface area contributed by atoms with E-state index in [2.05, 4.69) is 27.1 Å². The third kappa shape index (κ3) is 3.32. The largest absolute Gasteiger partial charge is 0.380 e. The molecule has 0 bridgehead atoms. The molecule has 0 aliphatic carbocycles. The van der Waals surface area contributed by atoms with Gasteiger partial charge in [0.15, 0.2) is 0 Å². The number of anilines is 2. The average molecular weight is 250 g/mol. The summed E-state index contributed by atoms with van der Waals surface area (Å²) in [4.78, 5) is 11.4. The lowest BCUT2D eigenvalue weighted by molar-refractivity contribution is 0.152. The van der Waals surface area contributed by atoms with E-state index in [0.717, 1.165) is 63.0 Å². The lowest BCUT2D eigenvalue weighted by atomic mass is 10.3. The Kier molecular flexibility index (Phi) is 4.75. The van der Waals surface area contributed by atoms with Crippen LogP contribution in [0.1, 0.15) is 25.6 Å². The molecule has 0 unspecified atom stereocenters. The van der Waals surface area contributed by atoms with Gasteiger partial charge in [-0.1, -0.05) is 6.92 Å². The zero-order chi connectivity index (χ0) is 12.8. The molecule has 5 heteroatoms. The van der Waals surface area contributed by atoms with Gasteiger partial charge in [0.1, 0.15) is 17.5 Å². The molecule has 1 fully saturated rings. The molecule has 18 heavy (non-hydrogen) atoms. The predicted molar refractivity (Wildman–Crippen MR) is 73.2 cm³/mol. The summed E-state index contributed by atoms with van der Waals surface area (Å²) in [5, 5.41) is 3.11. The quantitative estimate of drug-likeness (QED) is 0.881. The third-order valence-corrected chi connectivity index (χ3v) is 3.03. The minimum Gasteiger partial charge on any atom is -0.380 e. The van der Waals surface area contributed by atoms with Crippen molar-refractivity contribution in [1.29, 1.82) is 0 Å². The maximum Gasteiger partial charge on any atom is 0.134 e. The van der Waals surface area contributed by atoms with Gasteiger partial charge < -0.3 is 15.0 Å². The first-order valence-corrected chi connectivity index (χ1v) is 6.72. The van der Waals surface area contributed by atoms with Gasteiger partial charge in [0.05, 0.1) is 6.61 Å². The SMILES string of the molecule is CCCc1nc(NC)cc(N2CCCOCC2)n1. The van der Waals surface area contributed by atoms with E-state index in [-0.39, 0.29) is 0 Å². The highest BCUT2D eigenvalue weighted by molar-refractivity contribution is 5.49. The number of hydrogen-bond acceptors (Lipinski definition) is 5. The molecule has 0 radical (unpaired) electrons. The second-order valence-corrected chi connectivity index (χ2v) is 4.48.